The second kappa shape index (κ2) is 5.53. The highest BCUT2D eigenvalue weighted by molar-refractivity contribution is 7.90. The van der Waals surface area contributed by atoms with Gasteiger partial charge >= 0.3 is 6.98 Å². The van der Waals surface area contributed by atoms with Gasteiger partial charge in [0.05, 0.1) is 9.92 Å². The van der Waals surface area contributed by atoms with Gasteiger partial charge in [-0.15, -0.1) is 0 Å². The number of hydrogen-bond donors (Lipinski definition) is 0. The molecule has 1 aromatic carbocycles. The smallest absolute Gasteiger partial charge is 0.445 e. The molecule has 0 radical (unpaired) electrons. The fourth-order valence-electron chi connectivity index (χ4n) is 2.34. The summed E-state index contributed by atoms with van der Waals surface area (Å²) in [6, 6.07) is 6.88. The number of hydrogen-bond acceptors (Lipinski definition) is 3. The zero-order valence-electron chi connectivity index (χ0n) is 12.2. The third-order valence-corrected chi connectivity index (χ3v) is 5.41. The Morgan fingerprint density at radius 1 is 1.17 bits per heavy atom. The number of rotatable bonds is 3. The standard InChI is InChI=1S/C14H10BClF3N2O2S/c1-9-2-4-11(5-3-9)24(22,23)21-8-13(15(17,18)19)12-6-10(16)7-20-14(12)21/h2-8H,1H3/q-1. The zero-order valence-corrected chi connectivity index (χ0v) is 13.8. The second-order valence-electron chi connectivity index (χ2n) is 5.30. The van der Waals surface area contributed by atoms with E-state index in [9.17, 15) is 21.4 Å². The van der Waals surface area contributed by atoms with Crippen molar-refractivity contribution < 1.29 is 21.4 Å². The Morgan fingerprint density at radius 2 is 1.79 bits per heavy atom. The first-order valence-corrected chi connectivity index (χ1v) is 8.61. The monoisotopic (exact) mass is 373 g/mol. The minimum Gasteiger partial charge on any atom is -0.445 e. The summed E-state index contributed by atoms with van der Waals surface area (Å²) in [5.41, 5.74) is -0.527. The number of benzene rings is 1. The molecule has 10 heteroatoms. The molecule has 0 atom stereocenters. The van der Waals surface area contributed by atoms with E-state index in [-0.39, 0.29) is 21.0 Å². The fraction of sp³-hybridized carbons (Fsp3) is 0.0714. The molecule has 0 spiro atoms. The van der Waals surface area contributed by atoms with Gasteiger partial charge in [0.1, 0.15) is 0 Å². The van der Waals surface area contributed by atoms with Crippen LogP contribution in [0, 0.1) is 6.92 Å². The third-order valence-electron chi connectivity index (χ3n) is 3.54. The van der Waals surface area contributed by atoms with Crippen LogP contribution < -0.4 is 5.46 Å². The summed E-state index contributed by atoms with van der Waals surface area (Å²) in [6.45, 7) is -3.66. The lowest BCUT2D eigenvalue weighted by Gasteiger charge is -2.12. The Labute approximate surface area is 141 Å². The van der Waals surface area contributed by atoms with Crippen molar-refractivity contribution in [2.24, 2.45) is 0 Å². The number of halogens is 4. The molecule has 126 valence electrons. The summed E-state index contributed by atoms with van der Waals surface area (Å²) in [6.07, 6.45) is 1.67. The van der Waals surface area contributed by atoms with E-state index in [1.165, 1.54) is 12.1 Å². The van der Waals surface area contributed by atoms with Crippen molar-refractivity contribution in [1.29, 1.82) is 0 Å². The maximum Gasteiger partial charge on any atom is 0.511 e. The van der Waals surface area contributed by atoms with E-state index in [4.69, 9.17) is 11.6 Å². The molecule has 2 heterocycles. The molecule has 0 bridgehead atoms. The third kappa shape index (κ3) is 2.78. The summed E-state index contributed by atoms with van der Waals surface area (Å²) in [7, 11) is -4.21. The number of nitrogens with zero attached hydrogens (tertiary/aromatic N) is 2. The Balaban J connectivity index is 2.32. The lowest BCUT2D eigenvalue weighted by atomic mass is 9.80. The first-order valence-electron chi connectivity index (χ1n) is 6.79. The minimum absolute atomic E-state index is 0.00529. The second-order valence-corrected chi connectivity index (χ2v) is 7.55. The molecule has 0 unspecified atom stereocenters. The molecular formula is C14H10BClF3N2O2S-. The van der Waals surface area contributed by atoms with Gasteiger partial charge in [0.15, 0.2) is 5.65 Å². The van der Waals surface area contributed by atoms with Gasteiger partial charge in [-0.05, 0) is 36.7 Å². The van der Waals surface area contributed by atoms with Crippen LogP contribution in [0.1, 0.15) is 5.56 Å². The number of fused-ring (bicyclic) bond motifs is 1. The fourth-order valence-corrected chi connectivity index (χ4v) is 3.84. The summed E-state index contributed by atoms with van der Waals surface area (Å²) in [5, 5.41) is -0.347. The van der Waals surface area contributed by atoms with Crippen molar-refractivity contribution in [3.8, 4) is 0 Å². The lowest BCUT2D eigenvalue weighted by molar-refractivity contribution is 0.501. The molecule has 0 N–H and O–H groups in total. The predicted octanol–water partition coefficient (Wildman–Crippen LogP) is 3.29. The summed E-state index contributed by atoms with van der Waals surface area (Å²) in [4.78, 5) is 3.66. The van der Waals surface area contributed by atoms with Crippen molar-refractivity contribution >= 4 is 45.1 Å². The van der Waals surface area contributed by atoms with Crippen LogP contribution in [0.2, 0.25) is 5.02 Å². The molecule has 24 heavy (non-hydrogen) atoms. The molecule has 2 aromatic heterocycles. The van der Waals surface area contributed by atoms with Crippen LogP contribution in [0.3, 0.4) is 0 Å². The molecule has 0 saturated heterocycles. The summed E-state index contributed by atoms with van der Waals surface area (Å²) < 4.78 is 65.8. The average Bonchev–Trinajstić information content (AvgIpc) is 2.87. The average molecular weight is 374 g/mol. The topological polar surface area (TPSA) is 52.0 Å². The van der Waals surface area contributed by atoms with E-state index in [1.807, 2.05) is 0 Å². The molecular weight excluding hydrogens is 363 g/mol. The van der Waals surface area contributed by atoms with Crippen molar-refractivity contribution in [2.75, 3.05) is 0 Å². The lowest BCUT2D eigenvalue weighted by Crippen LogP contribution is -2.33. The van der Waals surface area contributed by atoms with Crippen molar-refractivity contribution in [1.82, 2.24) is 8.96 Å². The Kier molecular flexibility index (Phi) is 3.88. The van der Waals surface area contributed by atoms with E-state index in [2.05, 4.69) is 4.98 Å². The van der Waals surface area contributed by atoms with Crippen LogP contribution >= 0.6 is 11.6 Å². The molecule has 4 nitrogen and oxygen atoms in total. The van der Waals surface area contributed by atoms with Crippen LogP contribution in [-0.4, -0.2) is 24.4 Å². The van der Waals surface area contributed by atoms with Crippen LogP contribution in [0.4, 0.5) is 12.9 Å². The summed E-state index contributed by atoms with van der Waals surface area (Å²) >= 11 is 5.72. The highest BCUT2D eigenvalue weighted by Gasteiger charge is 2.32. The molecule has 3 aromatic rings. The van der Waals surface area contributed by atoms with Crippen LogP contribution in [0.25, 0.3) is 11.0 Å². The zero-order chi connectivity index (χ0) is 17.7. The van der Waals surface area contributed by atoms with Crippen LogP contribution in [0.15, 0.2) is 47.6 Å². The van der Waals surface area contributed by atoms with Gasteiger partial charge in [-0.25, -0.2) is 17.4 Å². The van der Waals surface area contributed by atoms with Crippen molar-refractivity contribution in [3.63, 3.8) is 0 Å². The first kappa shape index (κ1) is 16.8. The molecule has 0 aliphatic rings. The Hall–Kier alpha value is -2.00. The van der Waals surface area contributed by atoms with Crippen LogP contribution in [-0.2, 0) is 10.0 Å². The van der Waals surface area contributed by atoms with E-state index in [0.29, 0.717) is 10.2 Å². The maximum atomic E-state index is 13.3. The van der Waals surface area contributed by atoms with Gasteiger partial charge in [-0.2, -0.15) is 0 Å². The Bertz CT molecular complexity index is 1030. The maximum absolute atomic E-state index is 13.3. The Morgan fingerprint density at radius 3 is 2.38 bits per heavy atom. The SMILES string of the molecule is Cc1ccc(S(=O)(=O)n2cc([B-](F)(F)F)c3cc(Cl)cnc32)cc1. The highest BCUT2D eigenvalue weighted by atomic mass is 35.5. The van der Waals surface area contributed by atoms with E-state index in [0.717, 1.165) is 17.8 Å². The molecule has 0 amide bonds. The van der Waals surface area contributed by atoms with E-state index >= 15 is 0 Å². The van der Waals surface area contributed by atoms with Crippen LogP contribution in [0.5, 0.6) is 0 Å². The molecule has 0 aliphatic heterocycles. The predicted molar refractivity (Wildman–Crippen MR) is 87.2 cm³/mol. The van der Waals surface area contributed by atoms with Gasteiger partial charge in [-0.3, -0.25) is 0 Å². The highest BCUT2D eigenvalue weighted by Crippen LogP contribution is 2.25. The van der Waals surface area contributed by atoms with Gasteiger partial charge in [0.2, 0.25) is 0 Å². The van der Waals surface area contributed by atoms with Gasteiger partial charge in [0.25, 0.3) is 10.0 Å². The quantitative estimate of drug-likeness (QED) is 0.662. The van der Waals surface area contributed by atoms with Crippen molar-refractivity contribution in [3.05, 3.63) is 53.3 Å². The van der Waals surface area contributed by atoms with E-state index in [1.54, 1.807) is 19.1 Å². The van der Waals surface area contributed by atoms with Gasteiger partial charge < -0.3 is 12.9 Å². The number of aromatic nitrogens is 2. The normalized spacial score (nSPS) is 12.7. The van der Waals surface area contributed by atoms with Crippen molar-refractivity contribution in [2.45, 2.75) is 11.8 Å². The minimum atomic E-state index is -5.43. The summed E-state index contributed by atoms with van der Waals surface area (Å²) in [5.74, 6) is 0. The molecule has 3 rings (SSSR count). The van der Waals surface area contributed by atoms with Gasteiger partial charge in [0, 0.05) is 6.20 Å². The van der Waals surface area contributed by atoms with E-state index < -0.39 is 22.5 Å². The first-order chi connectivity index (χ1) is 11.1. The molecule has 0 aliphatic carbocycles. The molecule has 0 saturated carbocycles. The van der Waals surface area contributed by atoms with Gasteiger partial charge in [-0.1, -0.05) is 34.8 Å². The molecule has 0 fully saturated rings. The largest absolute Gasteiger partial charge is 0.511 e. The number of pyridine rings is 1. The number of aryl methyl sites for hydroxylation is 1.